The smallest absolute Gasteiger partial charge is 0.358 e. The van der Waals surface area contributed by atoms with Crippen molar-refractivity contribution in [3.8, 4) is 0 Å². The summed E-state index contributed by atoms with van der Waals surface area (Å²) in [6, 6.07) is 5.99. The maximum Gasteiger partial charge on any atom is 0.358 e. The number of hydrogen-bond acceptors (Lipinski definition) is 7. The number of nitro groups is 1. The number of carbonyl (C=O) groups excluding carboxylic acids is 1. The maximum atomic E-state index is 12.0. The fourth-order valence-corrected chi connectivity index (χ4v) is 2.51. The Balaban J connectivity index is 2.07. The van der Waals surface area contributed by atoms with Crippen LogP contribution in [0.5, 0.6) is 0 Å². The lowest BCUT2D eigenvalue weighted by Crippen LogP contribution is -2.10. The van der Waals surface area contributed by atoms with Gasteiger partial charge in [-0.2, -0.15) is 0 Å². The van der Waals surface area contributed by atoms with E-state index < -0.39 is 17.0 Å². The molecule has 1 heterocycles. The van der Waals surface area contributed by atoms with Crippen molar-refractivity contribution in [2.45, 2.75) is 19.6 Å². The number of hydrogen-bond donors (Lipinski definition) is 0. The number of nitrogens with zero attached hydrogens (tertiary/aromatic N) is 2. The van der Waals surface area contributed by atoms with Gasteiger partial charge in [0.15, 0.2) is 5.69 Å². The Morgan fingerprint density at radius 3 is 2.95 bits per heavy atom. The second-order valence-electron chi connectivity index (χ2n) is 4.46. The summed E-state index contributed by atoms with van der Waals surface area (Å²) in [6.45, 7) is 1.98. The van der Waals surface area contributed by atoms with Gasteiger partial charge in [0.1, 0.15) is 11.1 Å². The second kappa shape index (κ2) is 7.10. The average molecular weight is 322 g/mol. The quantitative estimate of drug-likeness (QED) is 0.461. The van der Waals surface area contributed by atoms with Crippen LogP contribution < -0.4 is 0 Å². The minimum Gasteiger partial charge on any atom is -0.453 e. The fraction of sp³-hybridized carbons (Fsp3) is 0.286. The first-order valence-electron chi connectivity index (χ1n) is 6.40. The zero-order chi connectivity index (χ0) is 16.1. The molecule has 0 aliphatic carbocycles. The first-order valence-corrected chi connectivity index (χ1v) is 7.28. The molecule has 0 spiro atoms. The molecule has 116 valence electrons. The summed E-state index contributed by atoms with van der Waals surface area (Å²) >= 11 is 1.31. The van der Waals surface area contributed by atoms with E-state index in [0.29, 0.717) is 17.2 Å². The van der Waals surface area contributed by atoms with Gasteiger partial charge in [0.2, 0.25) is 0 Å². The average Bonchev–Trinajstić information content (AvgIpc) is 2.96. The number of aromatic nitrogens is 1. The Bertz CT molecular complexity index is 685. The summed E-state index contributed by atoms with van der Waals surface area (Å²) in [5.41, 5.74) is 0.709. The summed E-state index contributed by atoms with van der Waals surface area (Å²) in [7, 11) is 1.55. The van der Waals surface area contributed by atoms with Gasteiger partial charge in [0.05, 0.1) is 11.5 Å². The molecule has 0 saturated carbocycles. The summed E-state index contributed by atoms with van der Waals surface area (Å²) < 4.78 is 10.2. The van der Waals surface area contributed by atoms with Gasteiger partial charge in [-0.1, -0.05) is 12.1 Å². The minimum absolute atomic E-state index is 0.0450. The first kappa shape index (κ1) is 16.1. The van der Waals surface area contributed by atoms with Crippen molar-refractivity contribution in [2.75, 3.05) is 7.11 Å². The zero-order valence-electron chi connectivity index (χ0n) is 12.0. The van der Waals surface area contributed by atoms with Gasteiger partial charge in [-0.3, -0.25) is 10.1 Å². The molecule has 0 bridgehead atoms. The molecular formula is C14H14N2O5S. The Kier molecular flexibility index (Phi) is 5.18. The lowest BCUT2D eigenvalue weighted by Gasteiger charge is -2.12. The third-order valence-corrected chi connectivity index (χ3v) is 3.69. The Hall–Kier alpha value is -2.32. The first-order chi connectivity index (χ1) is 10.5. The summed E-state index contributed by atoms with van der Waals surface area (Å²) in [6.07, 6.45) is -0.611. The van der Waals surface area contributed by atoms with Gasteiger partial charge in [-0.05, 0) is 12.5 Å². The van der Waals surface area contributed by atoms with Crippen molar-refractivity contribution in [1.82, 2.24) is 4.98 Å². The summed E-state index contributed by atoms with van der Waals surface area (Å²) in [5, 5.41) is 13.0. The van der Waals surface area contributed by atoms with Gasteiger partial charge in [-0.15, -0.1) is 11.3 Å². The normalized spacial score (nSPS) is 11.9. The molecular weight excluding hydrogens is 308 g/mol. The van der Waals surface area contributed by atoms with Crippen molar-refractivity contribution < 1.29 is 19.2 Å². The zero-order valence-corrected chi connectivity index (χ0v) is 12.8. The molecule has 22 heavy (non-hydrogen) atoms. The van der Waals surface area contributed by atoms with Crippen LogP contribution in [0.25, 0.3) is 0 Å². The lowest BCUT2D eigenvalue weighted by atomic mass is 10.1. The number of non-ortho nitro benzene ring substituents is 1. The molecule has 0 fully saturated rings. The predicted molar refractivity (Wildman–Crippen MR) is 79.8 cm³/mol. The van der Waals surface area contributed by atoms with Crippen molar-refractivity contribution in [3.63, 3.8) is 0 Å². The number of thiazole rings is 1. The van der Waals surface area contributed by atoms with Gasteiger partial charge in [0, 0.05) is 24.6 Å². The van der Waals surface area contributed by atoms with E-state index in [0.717, 1.165) is 0 Å². The number of benzene rings is 1. The van der Waals surface area contributed by atoms with Crippen LogP contribution in [0.4, 0.5) is 5.69 Å². The van der Waals surface area contributed by atoms with E-state index in [1.807, 2.05) is 0 Å². The van der Waals surface area contributed by atoms with Crippen molar-refractivity contribution in [1.29, 1.82) is 0 Å². The SMILES string of the molecule is COCc1nc(C(=O)OC(C)c2cccc([N+](=O)[O-])c2)cs1. The fourth-order valence-electron chi connectivity index (χ4n) is 1.77. The third-order valence-electron chi connectivity index (χ3n) is 2.86. The molecule has 1 atom stereocenters. The maximum absolute atomic E-state index is 12.0. The van der Waals surface area contributed by atoms with Crippen LogP contribution in [-0.4, -0.2) is 23.0 Å². The van der Waals surface area contributed by atoms with Crippen LogP contribution in [0.2, 0.25) is 0 Å². The van der Waals surface area contributed by atoms with Crippen LogP contribution in [-0.2, 0) is 16.1 Å². The van der Waals surface area contributed by atoms with Crippen LogP contribution in [0.3, 0.4) is 0 Å². The van der Waals surface area contributed by atoms with E-state index in [1.165, 1.54) is 23.5 Å². The molecule has 2 rings (SSSR count). The van der Waals surface area contributed by atoms with Crippen molar-refractivity contribution in [3.05, 3.63) is 56.0 Å². The van der Waals surface area contributed by atoms with Gasteiger partial charge in [-0.25, -0.2) is 9.78 Å². The highest BCUT2D eigenvalue weighted by Gasteiger charge is 2.18. The minimum atomic E-state index is -0.611. The molecule has 0 aliphatic rings. The second-order valence-corrected chi connectivity index (χ2v) is 5.40. The molecule has 8 heteroatoms. The number of carbonyl (C=O) groups is 1. The van der Waals surface area contributed by atoms with E-state index in [2.05, 4.69) is 4.98 Å². The van der Waals surface area contributed by atoms with Gasteiger partial charge in [0.25, 0.3) is 5.69 Å². The Morgan fingerprint density at radius 2 is 2.27 bits per heavy atom. The van der Waals surface area contributed by atoms with Crippen LogP contribution in [0, 0.1) is 10.1 Å². The van der Waals surface area contributed by atoms with Crippen LogP contribution in [0.1, 0.15) is 34.1 Å². The summed E-state index contributed by atoms with van der Waals surface area (Å²) in [5.74, 6) is -0.572. The van der Waals surface area contributed by atoms with E-state index in [9.17, 15) is 14.9 Å². The molecule has 0 saturated heterocycles. The van der Waals surface area contributed by atoms with Crippen molar-refractivity contribution in [2.24, 2.45) is 0 Å². The molecule has 0 amide bonds. The molecule has 7 nitrogen and oxygen atoms in total. The number of rotatable bonds is 6. The summed E-state index contributed by atoms with van der Waals surface area (Å²) in [4.78, 5) is 26.4. The predicted octanol–water partition coefficient (Wildman–Crippen LogP) is 3.12. The van der Waals surface area contributed by atoms with E-state index in [1.54, 1.807) is 31.5 Å². The standard InChI is InChI=1S/C14H14N2O5S/c1-9(10-4-3-5-11(6-10)16(18)19)21-14(17)12-8-22-13(15-12)7-20-2/h3-6,8-9H,7H2,1-2H3. The molecule has 1 aromatic heterocycles. The Morgan fingerprint density at radius 1 is 1.50 bits per heavy atom. The molecule has 0 N–H and O–H groups in total. The number of esters is 1. The molecule has 2 aromatic rings. The van der Waals surface area contributed by atoms with E-state index in [4.69, 9.17) is 9.47 Å². The van der Waals surface area contributed by atoms with E-state index in [-0.39, 0.29) is 11.4 Å². The highest BCUT2D eigenvalue weighted by atomic mass is 32.1. The number of methoxy groups -OCH3 is 1. The Labute approximate surface area is 130 Å². The van der Waals surface area contributed by atoms with Crippen molar-refractivity contribution >= 4 is 23.0 Å². The van der Waals surface area contributed by atoms with Crippen LogP contribution >= 0.6 is 11.3 Å². The largest absolute Gasteiger partial charge is 0.453 e. The van der Waals surface area contributed by atoms with Gasteiger partial charge >= 0.3 is 5.97 Å². The monoisotopic (exact) mass is 322 g/mol. The topological polar surface area (TPSA) is 91.6 Å². The molecule has 0 aliphatic heterocycles. The highest BCUT2D eigenvalue weighted by molar-refractivity contribution is 7.09. The lowest BCUT2D eigenvalue weighted by molar-refractivity contribution is -0.385. The molecule has 0 radical (unpaired) electrons. The number of ether oxygens (including phenoxy) is 2. The van der Waals surface area contributed by atoms with E-state index >= 15 is 0 Å². The molecule has 1 unspecified atom stereocenters. The number of nitro benzene ring substituents is 1. The van der Waals surface area contributed by atoms with Gasteiger partial charge < -0.3 is 9.47 Å². The third kappa shape index (κ3) is 3.86. The van der Waals surface area contributed by atoms with Crippen LogP contribution in [0.15, 0.2) is 29.6 Å². The molecule has 1 aromatic carbocycles. The highest BCUT2D eigenvalue weighted by Crippen LogP contribution is 2.23.